The summed E-state index contributed by atoms with van der Waals surface area (Å²) >= 11 is 0. The second kappa shape index (κ2) is 18.2. The van der Waals surface area contributed by atoms with Gasteiger partial charge in [0.2, 0.25) is 11.8 Å². The maximum absolute atomic E-state index is 14.1. The van der Waals surface area contributed by atoms with Gasteiger partial charge < -0.3 is 44.8 Å². The monoisotopic (exact) mass is 916 g/mol. The molecule has 3 saturated heterocycles. The van der Waals surface area contributed by atoms with E-state index < -0.39 is 35.1 Å². The topological polar surface area (TPSA) is 178 Å². The second-order valence-corrected chi connectivity index (χ2v) is 21.9. The van der Waals surface area contributed by atoms with Crippen LogP contribution in [0.2, 0.25) is 0 Å². The highest BCUT2D eigenvalue weighted by Gasteiger charge is 2.43. The van der Waals surface area contributed by atoms with Crippen molar-refractivity contribution in [3.05, 3.63) is 89.0 Å². The number of hydrogen-bond acceptors (Lipinski definition) is 9. The smallest absolute Gasteiger partial charge is 0.407 e. The number of likely N-dealkylation sites (tertiary alicyclic amines) is 2. The first kappa shape index (κ1) is 47.4. The molecule has 5 aromatic rings. The van der Waals surface area contributed by atoms with Crippen molar-refractivity contribution in [2.75, 3.05) is 32.2 Å². The molecule has 67 heavy (non-hydrogen) atoms. The lowest BCUT2D eigenvalue weighted by molar-refractivity contribution is -0.137. The van der Waals surface area contributed by atoms with Crippen molar-refractivity contribution in [3.63, 3.8) is 0 Å². The van der Waals surface area contributed by atoms with Crippen LogP contribution in [0, 0.1) is 10.8 Å². The third kappa shape index (κ3) is 9.56. The summed E-state index contributed by atoms with van der Waals surface area (Å²) in [5.41, 5.74) is 7.20. The van der Waals surface area contributed by atoms with Crippen LogP contribution >= 0.6 is 0 Å². The summed E-state index contributed by atoms with van der Waals surface area (Å²) in [7, 11) is 2.61. The fourth-order valence-electron chi connectivity index (χ4n) is 10.4. The zero-order chi connectivity index (χ0) is 48.2. The normalized spacial score (nSPS) is 21.2. The molecule has 0 spiro atoms. The number of aromatic nitrogens is 4. The first-order valence-corrected chi connectivity index (χ1v) is 23.8. The summed E-state index contributed by atoms with van der Waals surface area (Å²) in [6.45, 7) is 19.5. The molecule has 6 atom stereocenters. The highest BCUT2D eigenvalue weighted by molar-refractivity contribution is 5.88. The maximum atomic E-state index is 14.1. The number of aromatic amines is 2. The average Bonchev–Trinajstić information content (AvgIpc) is 4.14. The van der Waals surface area contributed by atoms with E-state index in [9.17, 15) is 19.2 Å². The van der Waals surface area contributed by atoms with Gasteiger partial charge in [-0.25, -0.2) is 19.6 Å². The molecule has 4 N–H and O–H groups in total. The number of amides is 4. The lowest BCUT2D eigenvalue weighted by Crippen LogP contribution is -2.54. The number of rotatable bonds is 9. The minimum atomic E-state index is -0.760. The third-order valence-corrected chi connectivity index (χ3v) is 14.1. The van der Waals surface area contributed by atoms with E-state index >= 15 is 0 Å². The van der Waals surface area contributed by atoms with Gasteiger partial charge in [0.1, 0.15) is 23.7 Å². The molecular formula is C52H69N9O6. The van der Waals surface area contributed by atoms with E-state index in [4.69, 9.17) is 19.4 Å². The van der Waals surface area contributed by atoms with Crippen molar-refractivity contribution >= 4 is 51.8 Å². The van der Waals surface area contributed by atoms with E-state index in [1.807, 2.05) is 51.3 Å². The Kier molecular flexibility index (Phi) is 12.9. The number of anilines is 1. The van der Waals surface area contributed by atoms with Crippen LogP contribution in [0.3, 0.4) is 0 Å². The predicted octanol–water partition coefficient (Wildman–Crippen LogP) is 9.69. The van der Waals surface area contributed by atoms with Crippen LogP contribution in [0.25, 0.3) is 22.1 Å². The van der Waals surface area contributed by atoms with Gasteiger partial charge in [-0.3, -0.25) is 9.59 Å². The van der Waals surface area contributed by atoms with E-state index in [0.717, 1.165) is 77.9 Å². The number of imidazole rings is 2. The van der Waals surface area contributed by atoms with Crippen molar-refractivity contribution < 1.29 is 28.7 Å². The minimum absolute atomic E-state index is 0.00508. The molecule has 8 rings (SSSR count). The number of fused-ring (bicyclic) bond motifs is 2. The summed E-state index contributed by atoms with van der Waals surface area (Å²) < 4.78 is 9.76. The van der Waals surface area contributed by atoms with Crippen molar-refractivity contribution in [1.82, 2.24) is 40.4 Å². The van der Waals surface area contributed by atoms with Gasteiger partial charge >= 0.3 is 12.2 Å². The number of H-pyrrole nitrogens is 2. The number of nitrogens with zero attached hydrogens (tertiary/aromatic N) is 5. The number of carbonyl (C=O) groups is 4. The van der Waals surface area contributed by atoms with E-state index in [1.165, 1.54) is 30.9 Å². The van der Waals surface area contributed by atoms with Crippen molar-refractivity contribution in [3.8, 4) is 0 Å². The summed E-state index contributed by atoms with van der Waals surface area (Å²) in [5, 5.41) is 5.57. The first-order valence-electron chi connectivity index (χ1n) is 23.8. The number of hydrogen-bond donors (Lipinski definition) is 4. The lowest BCUT2D eigenvalue weighted by atomic mass is 9.85. The Hall–Kier alpha value is -6.12. The molecule has 3 aliphatic heterocycles. The van der Waals surface area contributed by atoms with Gasteiger partial charge in [-0.05, 0) is 108 Å². The quantitative estimate of drug-likeness (QED) is 0.112. The Morgan fingerprint density at radius 1 is 0.597 bits per heavy atom. The number of methoxy groups -OCH3 is 2. The molecule has 15 heteroatoms. The molecule has 2 aromatic heterocycles. The highest BCUT2D eigenvalue weighted by Crippen LogP contribution is 2.48. The zero-order valence-electron chi connectivity index (χ0n) is 41.1. The number of carbonyl (C=O) groups excluding carboxylic acids is 4. The molecule has 0 aliphatic carbocycles. The lowest BCUT2D eigenvalue weighted by Gasteiger charge is -2.35. The van der Waals surface area contributed by atoms with E-state index in [1.54, 1.807) is 0 Å². The maximum Gasteiger partial charge on any atom is 0.407 e. The summed E-state index contributed by atoms with van der Waals surface area (Å²) in [4.78, 5) is 76.4. The van der Waals surface area contributed by atoms with Crippen molar-refractivity contribution in [2.45, 2.75) is 143 Å². The minimum Gasteiger partial charge on any atom is -0.453 e. The molecule has 0 bridgehead atoms. The predicted molar refractivity (Wildman–Crippen MR) is 259 cm³/mol. The fraction of sp³-hybridized carbons (Fsp3) is 0.538. The van der Waals surface area contributed by atoms with Crippen LogP contribution < -0.4 is 15.5 Å². The van der Waals surface area contributed by atoms with Crippen LogP contribution in [0.1, 0.15) is 153 Å². The van der Waals surface area contributed by atoms with Crippen LogP contribution in [-0.4, -0.2) is 93.1 Å². The van der Waals surface area contributed by atoms with Gasteiger partial charge in [-0.2, -0.15) is 0 Å². The van der Waals surface area contributed by atoms with Gasteiger partial charge in [0.05, 0.1) is 60.5 Å². The van der Waals surface area contributed by atoms with Gasteiger partial charge in [0, 0.05) is 18.8 Å². The molecule has 3 aliphatic rings. The Balaban J connectivity index is 1.09. The van der Waals surface area contributed by atoms with Crippen LogP contribution in [0.4, 0.5) is 15.3 Å². The summed E-state index contributed by atoms with van der Waals surface area (Å²) in [5.74, 6) is 1.19. The molecule has 5 heterocycles. The molecule has 1 unspecified atom stereocenters. The number of nitrogens with one attached hydrogen (secondary N) is 4. The molecule has 3 aromatic carbocycles. The summed E-state index contributed by atoms with van der Waals surface area (Å²) in [6, 6.07) is 20.1. The number of ether oxygens (including phenoxy) is 2. The van der Waals surface area contributed by atoms with Gasteiger partial charge in [0.25, 0.3) is 0 Å². The molecule has 15 nitrogen and oxygen atoms in total. The van der Waals surface area contributed by atoms with Crippen LogP contribution in [-0.2, 0) is 24.5 Å². The highest BCUT2D eigenvalue weighted by atomic mass is 16.5. The molecule has 0 saturated carbocycles. The van der Waals surface area contributed by atoms with Crippen LogP contribution in [0.15, 0.2) is 60.7 Å². The average molecular weight is 916 g/mol. The number of benzene rings is 3. The van der Waals surface area contributed by atoms with Crippen LogP contribution in [0.5, 0.6) is 0 Å². The molecule has 3 fully saturated rings. The largest absolute Gasteiger partial charge is 0.453 e. The zero-order valence-corrected chi connectivity index (χ0v) is 41.1. The molecule has 0 radical (unpaired) electrons. The molecule has 358 valence electrons. The van der Waals surface area contributed by atoms with E-state index in [-0.39, 0.29) is 41.4 Å². The SMILES string of the molecule is COC(=O)N[C@H](C(=O)N1CCC[C@H]1c1nc2ccc(C3CC[C@H](c4ccc5nc([C@@H]6CCCN6C(=O)[C@@H](NC(=O)OC)C(C)(C)C)[nH]c5c4)N3c3ccc(C(C)(C)C)cc3)cc2[nH]1)C(C)(C)C. The number of alkyl carbamates (subject to hydrolysis) is 2. The fourth-order valence-corrected chi connectivity index (χ4v) is 10.4. The van der Waals surface area contributed by atoms with Gasteiger partial charge in [-0.1, -0.05) is 86.6 Å². The molecule has 4 amide bonds. The summed E-state index contributed by atoms with van der Waals surface area (Å²) in [6.07, 6.45) is 3.77. The Morgan fingerprint density at radius 3 is 1.39 bits per heavy atom. The van der Waals surface area contributed by atoms with E-state index in [2.05, 4.69) is 107 Å². The first-order chi connectivity index (χ1) is 31.7. The van der Waals surface area contributed by atoms with Crippen molar-refractivity contribution in [1.29, 1.82) is 0 Å². The standard InChI is InChI=1S/C52H69N9O6/c1-50(2,3)32-18-20-33(21-19-32)61-38(30-16-22-34-36(28-30)55-44(53-34)40-14-12-26-59(40)46(62)42(51(4,5)6)57-48(64)66-10)24-25-39(61)31-17-23-35-37(29-31)56-45(54-35)41-15-13-27-60(41)47(63)43(52(7,8)9)58-49(65)67-11/h16-23,28-29,38-43H,12-15,24-27H2,1-11H3,(H,53,55)(H,54,56)(H,57,64)(H,58,65)/t38-,39?,40+,41+,42-,43-/m1/s1. The second-order valence-electron chi connectivity index (χ2n) is 21.9. The van der Waals surface area contributed by atoms with Gasteiger partial charge in [0.15, 0.2) is 0 Å². The van der Waals surface area contributed by atoms with E-state index in [0.29, 0.717) is 13.1 Å². The third-order valence-electron chi connectivity index (χ3n) is 14.1. The molecular weight excluding hydrogens is 847 g/mol. The van der Waals surface area contributed by atoms with Crippen molar-refractivity contribution in [2.24, 2.45) is 10.8 Å². The Bertz CT molecular complexity index is 2480. The van der Waals surface area contributed by atoms with Gasteiger partial charge in [-0.15, -0.1) is 0 Å². The Morgan fingerprint density at radius 2 is 1.01 bits per heavy atom. The Labute approximate surface area is 394 Å².